The molecule has 4 aromatic rings. The quantitative estimate of drug-likeness (QED) is 0.470. The molecule has 3 heterocycles. The lowest BCUT2D eigenvalue weighted by Crippen LogP contribution is -2.46. The predicted octanol–water partition coefficient (Wildman–Crippen LogP) is 4.17. The van der Waals surface area contributed by atoms with E-state index >= 15 is 0 Å². The van der Waals surface area contributed by atoms with E-state index in [1.54, 1.807) is 29.2 Å². The van der Waals surface area contributed by atoms with Gasteiger partial charge in [-0.3, -0.25) is 9.59 Å². The normalized spacial score (nSPS) is 14.2. The molecule has 2 aromatic carbocycles. The Bertz CT molecular complexity index is 1300. The molecule has 0 bridgehead atoms. The van der Waals surface area contributed by atoms with Gasteiger partial charge in [0.05, 0.1) is 10.6 Å². The van der Waals surface area contributed by atoms with Crippen LogP contribution < -0.4 is 5.32 Å². The lowest BCUT2D eigenvalue weighted by Gasteiger charge is -2.31. The van der Waals surface area contributed by atoms with E-state index in [-0.39, 0.29) is 23.7 Å². The molecule has 1 N–H and O–H groups in total. The van der Waals surface area contributed by atoms with Crippen molar-refractivity contribution < 1.29 is 14.0 Å². The third-order valence-corrected chi connectivity index (χ3v) is 6.61. The Labute approximate surface area is 199 Å². The molecular weight excluding hydrogens is 453 g/mol. The zero-order chi connectivity index (χ0) is 23.5. The number of carbonyl (C=O) groups is 2. The van der Waals surface area contributed by atoms with Crippen LogP contribution in [0.1, 0.15) is 33.8 Å². The van der Waals surface area contributed by atoms with E-state index in [0.717, 1.165) is 4.88 Å². The first kappa shape index (κ1) is 22.0. The number of carbonyl (C=O) groups excluding carboxylic acids is 2. The van der Waals surface area contributed by atoms with Gasteiger partial charge in [-0.15, -0.1) is 16.4 Å². The van der Waals surface area contributed by atoms with Gasteiger partial charge in [0, 0.05) is 24.7 Å². The van der Waals surface area contributed by atoms with Gasteiger partial charge < -0.3 is 10.2 Å². The number of likely N-dealkylation sites (tertiary alicyclic amines) is 1. The summed E-state index contributed by atoms with van der Waals surface area (Å²) in [5.74, 6) is -0.215. The summed E-state index contributed by atoms with van der Waals surface area (Å²) in [7, 11) is 0. The molecule has 7 nitrogen and oxygen atoms in total. The Morgan fingerprint density at radius 2 is 1.79 bits per heavy atom. The van der Waals surface area contributed by atoms with Crippen LogP contribution in [0.4, 0.5) is 4.39 Å². The fraction of sp³-hybridized carbons (Fsp3) is 0.200. The van der Waals surface area contributed by atoms with E-state index in [9.17, 15) is 14.0 Å². The number of hydrogen-bond acceptors (Lipinski definition) is 5. The topological polar surface area (TPSA) is 80.1 Å². The van der Waals surface area contributed by atoms with Crippen molar-refractivity contribution in [2.24, 2.45) is 0 Å². The summed E-state index contributed by atoms with van der Waals surface area (Å²) in [6, 6.07) is 18.9. The highest BCUT2D eigenvalue weighted by molar-refractivity contribution is 7.13. The summed E-state index contributed by atoms with van der Waals surface area (Å²) in [5.41, 5.74) is 1.12. The second-order valence-electron chi connectivity index (χ2n) is 8.03. The van der Waals surface area contributed by atoms with E-state index in [2.05, 4.69) is 15.4 Å². The third-order valence-electron chi connectivity index (χ3n) is 5.75. The first-order chi connectivity index (χ1) is 16.6. The summed E-state index contributed by atoms with van der Waals surface area (Å²) in [5, 5.41) is 9.40. The molecule has 1 aliphatic rings. The van der Waals surface area contributed by atoms with E-state index in [0.29, 0.717) is 43.0 Å². The Hall–Kier alpha value is -3.85. The molecule has 9 heteroatoms. The highest BCUT2D eigenvalue weighted by Gasteiger charge is 2.28. The number of nitrogens with one attached hydrogen (secondary N) is 1. The number of halogens is 1. The molecule has 5 rings (SSSR count). The van der Waals surface area contributed by atoms with Gasteiger partial charge in [0.25, 0.3) is 11.8 Å². The van der Waals surface area contributed by atoms with Crippen LogP contribution in [0, 0.1) is 5.82 Å². The SMILES string of the molecule is O=C(NC1CCN(C(=O)c2nc(-c3cccs3)n(-c3cccc(F)c3)n2)CC1)c1ccccc1. The standard InChI is InChI=1S/C25H22FN5O2S/c26-18-8-4-9-20(16-18)31-23(21-10-5-15-34-21)28-22(29-31)25(33)30-13-11-19(12-14-30)27-24(32)17-6-2-1-3-7-17/h1-10,15-16,19H,11-14H2,(H,27,32). The van der Waals surface area contributed by atoms with Crippen molar-refractivity contribution in [2.45, 2.75) is 18.9 Å². The first-order valence-corrected chi connectivity index (χ1v) is 11.9. The summed E-state index contributed by atoms with van der Waals surface area (Å²) >= 11 is 1.47. The van der Waals surface area contributed by atoms with Crippen molar-refractivity contribution in [3.05, 3.63) is 89.3 Å². The molecule has 0 saturated carbocycles. The highest BCUT2D eigenvalue weighted by atomic mass is 32.1. The Morgan fingerprint density at radius 3 is 2.50 bits per heavy atom. The van der Waals surface area contributed by atoms with E-state index in [1.165, 1.54) is 28.2 Å². The zero-order valence-electron chi connectivity index (χ0n) is 18.2. The predicted molar refractivity (Wildman–Crippen MR) is 127 cm³/mol. The van der Waals surface area contributed by atoms with Gasteiger partial charge in [-0.25, -0.2) is 14.1 Å². The monoisotopic (exact) mass is 475 g/mol. The fourth-order valence-electron chi connectivity index (χ4n) is 3.98. The van der Waals surface area contributed by atoms with Gasteiger partial charge in [-0.1, -0.05) is 30.3 Å². The molecule has 0 aliphatic carbocycles. The van der Waals surface area contributed by atoms with Crippen molar-refractivity contribution in [1.82, 2.24) is 25.0 Å². The summed E-state index contributed by atoms with van der Waals surface area (Å²) in [6.45, 7) is 0.975. The van der Waals surface area contributed by atoms with Gasteiger partial charge in [0.1, 0.15) is 5.82 Å². The third kappa shape index (κ3) is 4.60. The fourth-order valence-corrected chi connectivity index (χ4v) is 4.68. The molecule has 0 atom stereocenters. The number of amides is 2. The van der Waals surface area contributed by atoms with Crippen LogP contribution in [-0.2, 0) is 0 Å². The van der Waals surface area contributed by atoms with Crippen molar-refractivity contribution in [1.29, 1.82) is 0 Å². The Morgan fingerprint density at radius 1 is 1.00 bits per heavy atom. The van der Waals surface area contributed by atoms with Gasteiger partial charge in [-0.05, 0) is 54.6 Å². The zero-order valence-corrected chi connectivity index (χ0v) is 19.0. The molecule has 0 radical (unpaired) electrons. The average Bonchev–Trinajstić information content (AvgIpc) is 3.55. The number of benzene rings is 2. The molecule has 1 fully saturated rings. The molecule has 1 aliphatic heterocycles. The average molecular weight is 476 g/mol. The van der Waals surface area contributed by atoms with Crippen LogP contribution >= 0.6 is 11.3 Å². The van der Waals surface area contributed by atoms with Gasteiger partial charge in [0.15, 0.2) is 5.82 Å². The minimum Gasteiger partial charge on any atom is -0.349 e. The van der Waals surface area contributed by atoms with E-state index in [4.69, 9.17) is 0 Å². The van der Waals surface area contributed by atoms with Crippen LogP contribution in [0.25, 0.3) is 16.4 Å². The number of thiophene rings is 1. The van der Waals surface area contributed by atoms with E-state index in [1.807, 2.05) is 35.7 Å². The van der Waals surface area contributed by atoms with Crippen molar-refractivity contribution >= 4 is 23.2 Å². The van der Waals surface area contributed by atoms with Crippen molar-refractivity contribution in [3.63, 3.8) is 0 Å². The molecule has 172 valence electrons. The molecule has 2 aromatic heterocycles. The number of rotatable bonds is 5. The molecule has 1 saturated heterocycles. The number of nitrogens with zero attached hydrogens (tertiary/aromatic N) is 4. The minimum atomic E-state index is -0.391. The number of aromatic nitrogens is 3. The lowest BCUT2D eigenvalue weighted by molar-refractivity contribution is 0.0686. The molecule has 0 unspecified atom stereocenters. The first-order valence-electron chi connectivity index (χ1n) is 11.0. The van der Waals surface area contributed by atoms with Crippen LogP contribution in [0.5, 0.6) is 0 Å². The smallest absolute Gasteiger partial charge is 0.293 e. The molecule has 2 amide bonds. The number of hydrogen-bond donors (Lipinski definition) is 1. The maximum absolute atomic E-state index is 13.9. The highest BCUT2D eigenvalue weighted by Crippen LogP contribution is 2.26. The largest absolute Gasteiger partial charge is 0.349 e. The molecule has 34 heavy (non-hydrogen) atoms. The summed E-state index contributed by atoms with van der Waals surface area (Å²) < 4.78 is 15.4. The van der Waals surface area contributed by atoms with Gasteiger partial charge >= 0.3 is 0 Å². The minimum absolute atomic E-state index is 0.00348. The molecular formula is C25H22FN5O2S. The van der Waals surface area contributed by atoms with Gasteiger partial charge in [-0.2, -0.15) is 0 Å². The van der Waals surface area contributed by atoms with Crippen LogP contribution in [0.15, 0.2) is 72.1 Å². The van der Waals surface area contributed by atoms with Crippen molar-refractivity contribution in [3.8, 4) is 16.4 Å². The molecule has 0 spiro atoms. The van der Waals surface area contributed by atoms with Crippen LogP contribution in [0.3, 0.4) is 0 Å². The number of piperidine rings is 1. The Balaban J connectivity index is 1.31. The summed E-state index contributed by atoms with van der Waals surface area (Å²) in [4.78, 5) is 32.7. The van der Waals surface area contributed by atoms with Crippen LogP contribution in [-0.4, -0.2) is 50.6 Å². The summed E-state index contributed by atoms with van der Waals surface area (Å²) in [6.07, 6.45) is 1.29. The van der Waals surface area contributed by atoms with E-state index < -0.39 is 5.82 Å². The van der Waals surface area contributed by atoms with Gasteiger partial charge in [0.2, 0.25) is 5.82 Å². The maximum Gasteiger partial charge on any atom is 0.293 e. The second kappa shape index (κ2) is 9.56. The maximum atomic E-state index is 13.9. The van der Waals surface area contributed by atoms with Crippen molar-refractivity contribution in [2.75, 3.05) is 13.1 Å². The second-order valence-corrected chi connectivity index (χ2v) is 8.98. The van der Waals surface area contributed by atoms with Crippen LogP contribution in [0.2, 0.25) is 0 Å². The Kier molecular flexibility index (Phi) is 6.18. The lowest BCUT2D eigenvalue weighted by atomic mass is 10.0.